The van der Waals surface area contributed by atoms with E-state index in [9.17, 15) is 0 Å². The summed E-state index contributed by atoms with van der Waals surface area (Å²) in [5, 5.41) is 9.26. The fraction of sp³-hybridized carbons (Fsp3) is 0. The van der Waals surface area contributed by atoms with E-state index in [1.165, 1.54) is 21.5 Å². The number of hydrogen-bond acceptors (Lipinski definition) is 3. The van der Waals surface area contributed by atoms with Gasteiger partial charge in [0.25, 0.3) is 0 Å². The third-order valence-corrected chi connectivity index (χ3v) is 10.4. The lowest BCUT2D eigenvalue weighted by atomic mass is 10.0. The molecule has 11 aromatic rings. The van der Waals surface area contributed by atoms with Gasteiger partial charge in [-0.05, 0) is 64.0 Å². The first-order valence-corrected chi connectivity index (χ1v) is 17.6. The molecule has 4 heteroatoms. The van der Waals surface area contributed by atoms with Gasteiger partial charge in [-0.25, -0.2) is 9.97 Å². The molecule has 0 atom stereocenters. The standard InChI is InChI=1S/C48H29N3O/c1-3-13-32(14-4-1)40-29-41(33-15-5-2-6-16-33)50-48(49-40)38-19-11-21-44-45(38)37-26-27-43-46(47(37)52-44)36-18-9-10-20-42(36)51(43)34-25-24-31-23-22-30-12-7-8-17-35(30)39(31)28-34/h1-29H. The zero-order valence-electron chi connectivity index (χ0n) is 28.0. The Kier molecular flexibility index (Phi) is 6.22. The van der Waals surface area contributed by atoms with Gasteiger partial charge in [0.15, 0.2) is 5.82 Å². The molecule has 11 rings (SSSR count). The number of fused-ring (bicyclic) bond motifs is 10. The van der Waals surface area contributed by atoms with E-state index >= 15 is 0 Å². The summed E-state index contributed by atoms with van der Waals surface area (Å²) in [6, 6.07) is 61.8. The molecule has 0 aliphatic carbocycles. The molecule has 8 aromatic carbocycles. The summed E-state index contributed by atoms with van der Waals surface area (Å²) in [6.07, 6.45) is 0. The minimum absolute atomic E-state index is 0.666. The molecule has 3 aromatic heterocycles. The van der Waals surface area contributed by atoms with E-state index in [0.29, 0.717) is 5.82 Å². The molecule has 0 N–H and O–H groups in total. The number of hydrogen-bond donors (Lipinski definition) is 0. The van der Waals surface area contributed by atoms with Crippen LogP contribution in [-0.2, 0) is 0 Å². The average Bonchev–Trinajstić information content (AvgIpc) is 3.77. The Bertz CT molecular complexity index is 3120. The van der Waals surface area contributed by atoms with Gasteiger partial charge in [-0.15, -0.1) is 0 Å². The van der Waals surface area contributed by atoms with Crippen LogP contribution >= 0.6 is 0 Å². The van der Waals surface area contributed by atoms with Crippen LogP contribution < -0.4 is 0 Å². The minimum atomic E-state index is 0.666. The van der Waals surface area contributed by atoms with Crippen LogP contribution in [0.25, 0.3) is 105 Å². The van der Waals surface area contributed by atoms with E-state index in [1.807, 2.05) is 42.5 Å². The predicted octanol–water partition coefficient (Wildman–Crippen LogP) is 12.8. The van der Waals surface area contributed by atoms with E-state index < -0.39 is 0 Å². The Morgan fingerprint density at radius 3 is 1.85 bits per heavy atom. The highest BCUT2D eigenvalue weighted by Gasteiger charge is 2.22. The van der Waals surface area contributed by atoms with Gasteiger partial charge in [0.2, 0.25) is 0 Å². The summed E-state index contributed by atoms with van der Waals surface area (Å²) >= 11 is 0. The quantitative estimate of drug-likeness (QED) is 0.176. The monoisotopic (exact) mass is 663 g/mol. The van der Waals surface area contributed by atoms with Crippen LogP contribution in [-0.4, -0.2) is 14.5 Å². The lowest BCUT2D eigenvalue weighted by Crippen LogP contribution is -1.96. The van der Waals surface area contributed by atoms with Crippen LogP contribution in [0.3, 0.4) is 0 Å². The molecule has 0 unspecified atom stereocenters. The van der Waals surface area contributed by atoms with E-state index in [2.05, 4.69) is 138 Å². The molecular weight excluding hydrogens is 635 g/mol. The zero-order valence-corrected chi connectivity index (χ0v) is 28.0. The maximum absolute atomic E-state index is 6.87. The van der Waals surface area contributed by atoms with Crippen molar-refractivity contribution >= 4 is 65.3 Å². The summed E-state index contributed by atoms with van der Waals surface area (Å²) in [4.78, 5) is 10.4. The summed E-state index contributed by atoms with van der Waals surface area (Å²) in [7, 11) is 0. The number of aromatic nitrogens is 3. The van der Waals surface area contributed by atoms with Crippen LogP contribution in [0.2, 0.25) is 0 Å². The molecule has 0 spiro atoms. The second-order valence-corrected chi connectivity index (χ2v) is 13.4. The van der Waals surface area contributed by atoms with Crippen molar-refractivity contribution in [2.24, 2.45) is 0 Å². The first-order chi connectivity index (χ1) is 25.8. The molecule has 3 heterocycles. The van der Waals surface area contributed by atoms with Gasteiger partial charge in [-0.1, -0.05) is 133 Å². The van der Waals surface area contributed by atoms with Gasteiger partial charge in [-0.3, -0.25) is 0 Å². The van der Waals surface area contributed by atoms with Crippen LogP contribution in [0.5, 0.6) is 0 Å². The molecule has 0 saturated heterocycles. The van der Waals surface area contributed by atoms with Crippen LogP contribution in [0.4, 0.5) is 0 Å². The second-order valence-electron chi connectivity index (χ2n) is 13.4. The lowest BCUT2D eigenvalue weighted by Gasteiger charge is -2.11. The summed E-state index contributed by atoms with van der Waals surface area (Å²) < 4.78 is 9.25. The van der Waals surface area contributed by atoms with Crippen molar-refractivity contribution in [2.75, 3.05) is 0 Å². The molecule has 0 saturated carbocycles. The molecule has 0 radical (unpaired) electrons. The fourth-order valence-corrected chi connectivity index (χ4v) is 8.01. The molecule has 0 bridgehead atoms. The second kappa shape index (κ2) is 11.2. The van der Waals surface area contributed by atoms with Crippen molar-refractivity contribution in [3.05, 3.63) is 176 Å². The Morgan fingerprint density at radius 2 is 1.08 bits per heavy atom. The van der Waals surface area contributed by atoms with Crippen LogP contribution in [0.1, 0.15) is 0 Å². The van der Waals surface area contributed by atoms with Crippen molar-refractivity contribution in [1.82, 2.24) is 14.5 Å². The molecule has 0 aliphatic heterocycles. The van der Waals surface area contributed by atoms with E-state index in [4.69, 9.17) is 14.4 Å². The maximum atomic E-state index is 6.87. The number of benzene rings is 8. The normalized spacial score (nSPS) is 11.8. The Balaban J connectivity index is 1.17. The summed E-state index contributed by atoms with van der Waals surface area (Å²) in [5.74, 6) is 0.666. The first kappa shape index (κ1) is 28.8. The Morgan fingerprint density at radius 1 is 0.423 bits per heavy atom. The van der Waals surface area contributed by atoms with Crippen molar-refractivity contribution in [1.29, 1.82) is 0 Å². The van der Waals surface area contributed by atoms with Crippen molar-refractivity contribution in [2.45, 2.75) is 0 Å². The Hall–Kier alpha value is -7.04. The lowest BCUT2D eigenvalue weighted by molar-refractivity contribution is 0.673. The van der Waals surface area contributed by atoms with E-state index in [0.717, 1.165) is 77.5 Å². The van der Waals surface area contributed by atoms with Gasteiger partial charge in [0, 0.05) is 38.5 Å². The number of nitrogens with zero attached hydrogens (tertiary/aromatic N) is 3. The third-order valence-electron chi connectivity index (χ3n) is 10.4. The highest BCUT2D eigenvalue weighted by molar-refractivity contribution is 6.25. The predicted molar refractivity (Wildman–Crippen MR) is 215 cm³/mol. The van der Waals surface area contributed by atoms with Gasteiger partial charge >= 0.3 is 0 Å². The molecule has 0 amide bonds. The number of rotatable bonds is 4. The topological polar surface area (TPSA) is 43.9 Å². The average molecular weight is 664 g/mol. The first-order valence-electron chi connectivity index (χ1n) is 17.6. The van der Waals surface area contributed by atoms with Gasteiger partial charge in [0.05, 0.1) is 27.8 Å². The largest absolute Gasteiger partial charge is 0.455 e. The minimum Gasteiger partial charge on any atom is -0.455 e. The molecule has 4 nitrogen and oxygen atoms in total. The summed E-state index contributed by atoms with van der Waals surface area (Å²) in [5.41, 5.74) is 9.81. The number of para-hydroxylation sites is 1. The molecular formula is C48H29N3O. The summed E-state index contributed by atoms with van der Waals surface area (Å²) in [6.45, 7) is 0. The molecule has 0 aliphatic rings. The zero-order chi connectivity index (χ0) is 34.2. The van der Waals surface area contributed by atoms with Gasteiger partial charge < -0.3 is 8.98 Å². The third kappa shape index (κ3) is 4.34. The van der Waals surface area contributed by atoms with Crippen molar-refractivity contribution < 1.29 is 4.42 Å². The van der Waals surface area contributed by atoms with Gasteiger partial charge in [-0.2, -0.15) is 0 Å². The number of furan rings is 1. The smallest absolute Gasteiger partial charge is 0.161 e. The van der Waals surface area contributed by atoms with Gasteiger partial charge in [0.1, 0.15) is 11.2 Å². The Labute approximate surface area is 298 Å². The van der Waals surface area contributed by atoms with Crippen LogP contribution in [0, 0.1) is 0 Å². The fourth-order valence-electron chi connectivity index (χ4n) is 8.01. The van der Waals surface area contributed by atoms with Crippen molar-refractivity contribution in [3.63, 3.8) is 0 Å². The molecule has 52 heavy (non-hydrogen) atoms. The maximum Gasteiger partial charge on any atom is 0.161 e. The van der Waals surface area contributed by atoms with E-state index in [1.54, 1.807) is 0 Å². The highest BCUT2D eigenvalue weighted by Crippen LogP contribution is 2.43. The highest BCUT2D eigenvalue weighted by atomic mass is 16.3. The van der Waals surface area contributed by atoms with E-state index in [-0.39, 0.29) is 0 Å². The van der Waals surface area contributed by atoms with Crippen LogP contribution in [0.15, 0.2) is 180 Å². The molecule has 242 valence electrons. The molecule has 0 fully saturated rings. The SMILES string of the molecule is c1ccc(-c2cc(-c3ccccc3)nc(-c3cccc4oc5c(ccc6c5c5ccccc5n6-c5ccc6ccc7ccccc7c6c5)c34)n2)cc1. The van der Waals surface area contributed by atoms with Crippen molar-refractivity contribution in [3.8, 4) is 39.6 Å².